The molecule has 4 heterocycles. The second-order valence-electron chi connectivity index (χ2n) is 6.67. The summed E-state index contributed by atoms with van der Waals surface area (Å²) in [5, 5.41) is 6.80. The van der Waals surface area contributed by atoms with Gasteiger partial charge in [0.2, 0.25) is 0 Å². The number of nitrogens with one attached hydrogen (secondary N) is 1. The second kappa shape index (κ2) is 6.88. The van der Waals surface area contributed by atoms with E-state index in [1.165, 1.54) is 6.07 Å². The monoisotopic (exact) mass is 375 g/mol. The first-order valence-corrected chi connectivity index (χ1v) is 9.15. The third-order valence-corrected chi connectivity index (χ3v) is 5.03. The third-order valence-electron chi connectivity index (χ3n) is 5.03. The molecule has 7 nitrogen and oxygen atoms in total. The first kappa shape index (κ1) is 16.6. The van der Waals surface area contributed by atoms with Gasteiger partial charge < -0.3 is 9.80 Å². The molecule has 0 radical (unpaired) electrons. The summed E-state index contributed by atoms with van der Waals surface area (Å²) in [7, 11) is 0. The smallest absolute Gasteiger partial charge is 0.158 e. The molecule has 5 rings (SSSR count). The molecule has 28 heavy (non-hydrogen) atoms. The third kappa shape index (κ3) is 2.92. The molecule has 0 bridgehead atoms. The molecule has 4 aromatic rings. The van der Waals surface area contributed by atoms with Gasteiger partial charge >= 0.3 is 0 Å². The lowest BCUT2D eigenvalue weighted by Gasteiger charge is -2.36. The van der Waals surface area contributed by atoms with Crippen LogP contribution in [-0.4, -0.2) is 51.3 Å². The predicted octanol–water partition coefficient (Wildman–Crippen LogP) is 2.88. The molecule has 1 fully saturated rings. The van der Waals surface area contributed by atoms with Crippen LogP contribution >= 0.6 is 0 Å². The van der Waals surface area contributed by atoms with Gasteiger partial charge in [-0.3, -0.25) is 5.10 Å². The molecule has 1 N–H and O–H groups in total. The molecule has 1 aliphatic heterocycles. The Morgan fingerprint density at radius 2 is 1.75 bits per heavy atom. The number of halogens is 1. The summed E-state index contributed by atoms with van der Waals surface area (Å²) in [5.41, 5.74) is 3.95. The summed E-state index contributed by atoms with van der Waals surface area (Å²) >= 11 is 0. The Hall–Kier alpha value is -3.55. The van der Waals surface area contributed by atoms with Crippen LogP contribution in [0.2, 0.25) is 0 Å². The van der Waals surface area contributed by atoms with Crippen LogP contribution < -0.4 is 9.80 Å². The summed E-state index contributed by atoms with van der Waals surface area (Å²) in [6, 6.07) is 10.8. The van der Waals surface area contributed by atoms with Crippen LogP contribution in [0.3, 0.4) is 0 Å². The van der Waals surface area contributed by atoms with Crippen LogP contribution in [0.4, 0.5) is 15.9 Å². The molecule has 0 atom stereocenters. The summed E-state index contributed by atoms with van der Waals surface area (Å²) in [5.74, 6) is 0.624. The van der Waals surface area contributed by atoms with Crippen LogP contribution in [0.15, 0.2) is 55.1 Å². The van der Waals surface area contributed by atoms with E-state index in [0.29, 0.717) is 18.8 Å². The number of para-hydroxylation sites is 1. The minimum atomic E-state index is -0.185. The van der Waals surface area contributed by atoms with Gasteiger partial charge in [-0.15, -0.1) is 0 Å². The Bertz CT molecular complexity index is 1100. The van der Waals surface area contributed by atoms with Gasteiger partial charge in [-0.1, -0.05) is 12.1 Å². The van der Waals surface area contributed by atoms with E-state index in [1.807, 2.05) is 30.5 Å². The van der Waals surface area contributed by atoms with Gasteiger partial charge in [-0.05, 0) is 24.3 Å². The van der Waals surface area contributed by atoms with E-state index in [4.69, 9.17) is 4.98 Å². The molecular weight excluding hydrogens is 357 g/mol. The molecule has 1 aliphatic rings. The van der Waals surface area contributed by atoms with Crippen molar-refractivity contribution in [1.82, 2.24) is 25.1 Å². The minimum absolute atomic E-state index is 0.185. The maximum absolute atomic E-state index is 14.1. The van der Waals surface area contributed by atoms with Crippen molar-refractivity contribution >= 4 is 22.5 Å². The highest BCUT2D eigenvalue weighted by Crippen LogP contribution is 2.27. The molecule has 0 saturated carbocycles. The highest BCUT2D eigenvalue weighted by molar-refractivity contribution is 5.87. The predicted molar refractivity (Wildman–Crippen MR) is 106 cm³/mol. The standard InChI is InChI=1S/C20H18FN7/c21-15-3-1-2-4-18(15)27-7-9-28(10-8-27)20-19-17(22-13-23-20)6-5-16(26-19)14-11-24-25-12-14/h1-6,11-13H,7-10H2,(H,24,25). The van der Waals surface area contributed by atoms with Gasteiger partial charge in [-0.25, -0.2) is 19.3 Å². The van der Waals surface area contributed by atoms with Crippen molar-refractivity contribution in [2.75, 3.05) is 36.0 Å². The topological polar surface area (TPSA) is 73.8 Å². The van der Waals surface area contributed by atoms with Crippen LogP contribution in [0.25, 0.3) is 22.3 Å². The number of hydrogen-bond donors (Lipinski definition) is 1. The van der Waals surface area contributed by atoms with Gasteiger partial charge in [0.1, 0.15) is 17.7 Å². The van der Waals surface area contributed by atoms with Crippen LogP contribution in [0, 0.1) is 5.82 Å². The lowest BCUT2D eigenvalue weighted by molar-refractivity contribution is 0.596. The second-order valence-corrected chi connectivity index (χ2v) is 6.67. The zero-order chi connectivity index (χ0) is 18.9. The van der Waals surface area contributed by atoms with Gasteiger partial charge in [0, 0.05) is 37.9 Å². The molecular formula is C20H18FN7. The van der Waals surface area contributed by atoms with Crippen molar-refractivity contribution in [1.29, 1.82) is 0 Å². The highest BCUT2D eigenvalue weighted by Gasteiger charge is 2.22. The number of aromatic nitrogens is 5. The molecule has 0 aliphatic carbocycles. The fourth-order valence-corrected chi connectivity index (χ4v) is 3.58. The fraction of sp³-hybridized carbons (Fsp3) is 0.200. The summed E-state index contributed by atoms with van der Waals surface area (Å²) in [6.45, 7) is 2.90. The summed E-state index contributed by atoms with van der Waals surface area (Å²) in [6.07, 6.45) is 5.12. The lowest BCUT2D eigenvalue weighted by atomic mass is 10.2. The summed E-state index contributed by atoms with van der Waals surface area (Å²) in [4.78, 5) is 17.9. The highest BCUT2D eigenvalue weighted by atomic mass is 19.1. The van der Waals surface area contributed by atoms with Gasteiger partial charge in [0.05, 0.1) is 23.1 Å². The SMILES string of the molecule is Fc1ccccc1N1CCN(c2ncnc3ccc(-c4cn[nH]c4)nc23)CC1. The quantitative estimate of drug-likeness (QED) is 0.594. The molecule has 1 saturated heterocycles. The number of hydrogen-bond acceptors (Lipinski definition) is 6. The van der Waals surface area contributed by atoms with E-state index < -0.39 is 0 Å². The van der Waals surface area contributed by atoms with E-state index >= 15 is 0 Å². The lowest BCUT2D eigenvalue weighted by Crippen LogP contribution is -2.47. The van der Waals surface area contributed by atoms with Crippen molar-refractivity contribution in [2.24, 2.45) is 0 Å². The largest absolute Gasteiger partial charge is 0.366 e. The maximum Gasteiger partial charge on any atom is 0.158 e. The van der Waals surface area contributed by atoms with Crippen molar-refractivity contribution < 1.29 is 4.39 Å². The number of fused-ring (bicyclic) bond motifs is 1. The van der Waals surface area contributed by atoms with Crippen molar-refractivity contribution in [3.63, 3.8) is 0 Å². The first-order valence-electron chi connectivity index (χ1n) is 9.15. The fourth-order valence-electron chi connectivity index (χ4n) is 3.58. The van der Waals surface area contributed by atoms with Crippen molar-refractivity contribution in [2.45, 2.75) is 0 Å². The zero-order valence-corrected chi connectivity index (χ0v) is 15.1. The molecule has 1 aromatic carbocycles. The van der Waals surface area contributed by atoms with E-state index in [0.717, 1.165) is 41.2 Å². The molecule has 0 unspecified atom stereocenters. The average Bonchev–Trinajstić information content (AvgIpc) is 3.28. The molecule has 0 spiro atoms. The van der Waals surface area contributed by atoms with Crippen LogP contribution in [0.5, 0.6) is 0 Å². The van der Waals surface area contributed by atoms with Gasteiger partial charge in [0.15, 0.2) is 5.82 Å². The van der Waals surface area contributed by atoms with Crippen LogP contribution in [-0.2, 0) is 0 Å². The van der Waals surface area contributed by atoms with E-state index in [1.54, 1.807) is 18.6 Å². The summed E-state index contributed by atoms with van der Waals surface area (Å²) < 4.78 is 14.1. The number of pyridine rings is 1. The molecule has 8 heteroatoms. The number of H-pyrrole nitrogens is 1. The van der Waals surface area contributed by atoms with Gasteiger partial charge in [0.25, 0.3) is 0 Å². The number of rotatable bonds is 3. The maximum atomic E-state index is 14.1. The van der Waals surface area contributed by atoms with E-state index in [9.17, 15) is 4.39 Å². The minimum Gasteiger partial charge on any atom is -0.366 e. The number of nitrogens with zero attached hydrogens (tertiary/aromatic N) is 6. The molecule has 3 aromatic heterocycles. The zero-order valence-electron chi connectivity index (χ0n) is 15.1. The molecule has 140 valence electrons. The Morgan fingerprint density at radius 1 is 0.929 bits per heavy atom. The van der Waals surface area contributed by atoms with Crippen molar-refractivity contribution in [3.8, 4) is 11.3 Å². The number of piperazine rings is 1. The Morgan fingerprint density at radius 3 is 2.54 bits per heavy atom. The first-order chi connectivity index (χ1) is 13.8. The molecule has 0 amide bonds. The van der Waals surface area contributed by atoms with Crippen molar-refractivity contribution in [3.05, 3.63) is 60.9 Å². The number of anilines is 2. The Kier molecular flexibility index (Phi) is 4.08. The average molecular weight is 375 g/mol. The Balaban J connectivity index is 1.44. The number of benzene rings is 1. The normalized spacial score (nSPS) is 14.6. The van der Waals surface area contributed by atoms with E-state index in [2.05, 4.69) is 30.0 Å². The van der Waals surface area contributed by atoms with E-state index in [-0.39, 0.29) is 5.82 Å². The number of aromatic amines is 1. The van der Waals surface area contributed by atoms with Gasteiger partial charge in [-0.2, -0.15) is 5.10 Å². The Labute approximate surface area is 160 Å². The van der Waals surface area contributed by atoms with Crippen LogP contribution in [0.1, 0.15) is 0 Å².